The summed E-state index contributed by atoms with van der Waals surface area (Å²) < 4.78 is 4.85. The second-order valence-corrected chi connectivity index (χ2v) is 3.92. The van der Waals surface area contributed by atoms with Crippen molar-refractivity contribution in [1.82, 2.24) is 5.32 Å². The molecule has 0 atom stereocenters. The van der Waals surface area contributed by atoms with E-state index in [1.54, 1.807) is 0 Å². The van der Waals surface area contributed by atoms with E-state index in [-0.39, 0.29) is 5.97 Å². The number of nitrogens with one attached hydrogen (secondary N) is 1. The summed E-state index contributed by atoms with van der Waals surface area (Å²) in [6.45, 7) is 2.21. The third-order valence-corrected chi connectivity index (χ3v) is 2.30. The quantitative estimate of drug-likeness (QED) is 0.817. The van der Waals surface area contributed by atoms with Gasteiger partial charge in [-0.05, 0) is 23.8 Å². The Morgan fingerprint density at radius 2 is 1.82 bits per heavy atom. The van der Waals surface area contributed by atoms with Crippen molar-refractivity contribution in [2.75, 3.05) is 6.61 Å². The number of benzene rings is 1. The lowest BCUT2D eigenvalue weighted by Crippen LogP contribution is -2.15. The van der Waals surface area contributed by atoms with Gasteiger partial charge in [0.15, 0.2) is 0 Å². The highest BCUT2D eigenvalue weighted by molar-refractivity contribution is 7.96. The molecule has 1 aromatic carbocycles. The first-order chi connectivity index (χ1) is 8.08. The van der Waals surface area contributed by atoms with E-state index >= 15 is 0 Å². The third-order valence-electron chi connectivity index (χ3n) is 2.16. The Morgan fingerprint density at radius 3 is 2.35 bits per heavy atom. The third kappa shape index (κ3) is 5.87. The summed E-state index contributed by atoms with van der Waals surface area (Å²) in [6, 6.07) is 7.70. The van der Waals surface area contributed by atoms with Crippen molar-refractivity contribution < 1.29 is 14.3 Å². The average Bonchev–Trinajstić information content (AvgIpc) is 2.27. The Labute approximate surface area is 106 Å². The maximum absolute atomic E-state index is 10.6. The van der Waals surface area contributed by atoms with Gasteiger partial charge in [-0.2, -0.15) is 0 Å². The second-order valence-electron chi connectivity index (χ2n) is 3.55. The van der Waals surface area contributed by atoms with Crippen molar-refractivity contribution in [2.24, 2.45) is 0 Å². The molecular formula is C12H14NO3S. The first-order valence-corrected chi connectivity index (χ1v) is 5.65. The number of hydrogen-bond acceptors (Lipinski definition) is 3. The van der Waals surface area contributed by atoms with Gasteiger partial charge in [-0.25, -0.2) is 0 Å². The molecule has 0 aliphatic heterocycles. The van der Waals surface area contributed by atoms with Crippen LogP contribution in [0, 0.1) is 0 Å². The van der Waals surface area contributed by atoms with Gasteiger partial charge in [0.25, 0.3) is 0 Å². The number of carbonyl (C=O) groups is 2. The number of hydrogen-bond donors (Lipinski definition) is 1. The molecule has 0 aliphatic rings. The van der Waals surface area contributed by atoms with E-state index in [1.165, 1.54) is 6.92 Å². The summed E-state index contributed by atoms with van der Waals surface area (Å²) in [5.74, 6) is -0.269. The Bertz CT molecular complexity index is 389. The van der Waals surface area contributed by atoms with Gasteiger partial charge < -0.3 is 10.1 Å². The van der Waals surface area contributed by atoms with Crippen LogP contribution in [0.2, 0.25) is 0 Å². The fourth-order valence-corrected chi connectivity index (χ4v) is 1.38. The standard InChI is InChI=1S/C12H14NO3S/c1-9(14)16-7-6-10-2-4-11(5-3-10)8-13-12(15)17/h2-5H,6-8H2,1H3,(H,13,15). The van der Waals surface area contributed by atoms with Crippen LogP contribution in [0.4, 0.5) is 4.79 Å². The van der Waals surface area contributed by atoms with E-state index in [1.807, 2.05) is 24.3 Å². The van der Waals surface area contributed by atoms with Gasteiger partial charge in [0.1, 0.15) is 0 Å². The molecule has 0 aromatic heterocycles. The molecule has 0 saturated heterocycles. The molecule has 1 amide bonds. The largest absolute Gasteiger partial charge is 0.466 e. The molecule has 0 fully saturated rings. The SMILES string of the molecule is CC(=O)OCCc1ccc(CNC(=O)[S])cc1. The molecule has 0 saturated carbocycles. The van der Waals surface area contributed by atoms with E-state index in [4.69, 9.17) is 4.74 Å². The first kappa shape index (κ1) is 13.4. The van der Waals surface area contributed by atoms with Crippen molar-refractivity contribution in [2.45, 2.75) is 19.9 Å². The topological polar surface area (TPSA) is 55.4 Å². The van der Waals surface area contributed by atoms with Crippen LogP contribution in [0.3, 0.4) is 0 Å². The van der Waals surface area contributed by atoms with Crippen molar-refractivity contribution in [1.29, 1.82) is 0 Å². The lowest BCUT2D eigenvalue weighted by molar-refractivity contribution is -0.140. The highest BCUT2D eigenvalue weighted by Crippen LogP contribution is 2.05. The Hall–Kier alpha value is -1.62. The Kier molecular flexibility index (Phi) is 5.42. The Balaban J connectivity index is 2.39. The molecule has 91 valence electrons. The van der Waals surface area contributed by atoms with E-state index in [2.05, 4.69) is 17.9 Å². The van der Waals surface area contributed by atoms with Crippen molar-refractivity contribution in [3.8, 4) is 0 Å². The second kappa shape index (κ2) is 6.85. The van der Waals surface area contributed by atoms with Gasteiger partial charge in [0.05, 0.1) is 6.61 Å². The van der Waals surface area contributed by atoms with E-state index < -0.39 is 5.24 Å². The number of rotatable bonds is 5. The summed E-state index contributed by atoms with van der Waals surface area (Å²) >= 11 is 4.39. The number of ether oxygens (including phenoxy) is 1. The zero-order valence-corrected chi connectivity index (χ0v) is 10.4. The summed E-state index contributed by atoms with van der Waals surface area (Å²) in [5, 5.41) is 2.09. The normalized spacial score (nSPS) is 9.71. The fraction of sp³-hybridized carbons (Fsp3) is 0.333. The lowest BCUT2D eigenvalue weighted by atomic mass is 10.1. The van der Waals surface area contributed by atoms with Crippen LogP contribution in [0.5, 0.6) is 0 Å². The van der Waals surface area contributed by atoms with E-state index in [9.17, 15) is 9.59 Å². The first-order valence-electron chi connectivity index (χ1n) is 5.24. The van der Waals surface area contributed by atoms with Crippen LogP contribution in [0.1, 0.15) is 18.1 Å². The maximum Gasteiger partial charge on any atom is 0.310 e. The molecule has 0 spiro atoms. The van der Waals surface area contributed by atoms with Crippen LogP contribution in [-0.2, 0) is 22.5 Å². The van der Waals surface area contributed by atoms with Crippen molar-refractivity contribution in [3.05, 3.63) is 35.4 Å². The molecule has 1 radical (unpaired) electrons. The molecule has 1 N–H and O–H groups in total. The fourth-order valence-electron chi connectivity index (χ4n) is 1.31. The average molecular weight is 252 g/mol. The number of amides is 1. The lowest BCUT2D eigenvalue weighted by Gasteiger charge is -2.04. The molecule has 0 heterocycles. The molecule has 0 bridgehead atoms. The zero-order chi connectivity index (χ0) is 12.7. The Morgan fingerprint density at radius 1 is 1.24 bits per heavy atom. The highest BCUT2D eigenvalue weighted by atomic mass is 32.1. The van der Waals surface area contributed by atoms with E-state index in [0.29, 0.717) is 19.6 Å². The monoisotopic (exact) mass is 252 g/mol. The summed E-state index contributed by atoms with van der Waals surface area (Å²) in [6.07, 6.45) is 0.688. The molecular weight excluding hydrogens is 238 g/mol. The summed E-state index contributed by atoms with van der Waals surface area (Å²) in [4.78, 5) is 21.1. The van der Waals surface area contributed by atoms with Crippen LogP contribution in [0.15, 0.2) is 24.3 Å². The zero-order valence-electron chi connectivity index (χ0n) is 9.56. The van der Waals surface area contributed by atoms with Crippen LogP contribution >= 0.6 is 12.6 Å². The molecule has 5 heteroatoms. The molecule has 0 unspecified atom stereocenters. The highest BCUT2D eigenvalue weighted by Gasteiger charge is 1.98. The molecule has 4 nitrogen and oxygen atoms in total. The van der Waals surface area contributed by atoms with Gasteiger partial charge in [0, 0.05) is 19.9 Å². The smallest absolute Gasteiger partial charge is 0.310 e. The molecule has 17 heavy (non-hydrogen) atoms. The maximum atomic E-state index is 10.6. The minimum Gasteiger partial charge on any atom is -0.466 e. The van der Waals surface area contributed by atoms with Gasteiger partial charge in [-0.15, -0.1) is 0 Å². The van der Waals surface area contributed by atoms with Gasteiger partial charge in [-0.1, -0.05) is 24.3 Å². The van der Waals surface area contributed by atoms with Gasteiger partial charge in [-0.3, -0.25) is 9.59 Å². The van der Waals surface area contributed by atoms with Crippen molar-refractivity contribution >= 4 is 23.8 Å². The van der Waals surface area contributed by atoms with Gasteiger partial charge >= 0.3 is 11.2 Å². The van der Waals surface area contributed by atoms with Gasteiger partial charge in [0.2, 0.25) is 0 Å². The minimum absolute atomic E-state index is 0.269. The van der Waals surface area contributed by atoms with Crippen LogP contribution < -0.4 is 5.32 Å². The van der Waals surface area contributed by atoms with Crippen LogP contribution in [-0.4, -0.2) is 17.8 Å². The van der Waals surface area contributed by atoms with Crippen molar-refractivity contribution in [3.63, 3.8) is 0 Å². The predicted octanol–water partition coefficient (Wildman–Crippen LogP) is 2.20. The molecule has 1 rings (SSSR count). The minimum atomic E-state index is -0.455. The summed E-state index contributed by atoms with van der Waals surface area (Å²) in [7, 11) is 0. The molecule has 1 aromatic rings. The predicted molar refractivity (Wildman–Crippen MR) is 66.6 cm³/mol. The molecule has 0 aliphatic carbocycles. The van der Waals surface area contributed by atoms with Crippen LogP contribution in [0.25, 0.3) is 0 Å². The summed E-state index contributed by atoms with van der Waals surface area (Å²) in [5.41, 5.74) is 2.07. The van der Waals surface area contributed by atoms with E-state index in [0.717, 1.165) is 11.1 Å². The number of carbonyl (C=O) groups excluding carboxylic acids is 2. The number of esters is 1.